The molecule has 1 aromatic heterocycles. The summed E-state index contributed by atoms with van der Waals surface area (Å²) in [5.41, 5.74) is 8.54. The largest absolute Gasteiger partial charge is 0.324 e. The van der Waals surface area contributed by atoms with Crippen molar-refractivity contribution < 1.29 is 0 Å². The fourth-order valence-electron chi connectivity index (χ4n) is 2.36. The van der Waals surface area contributed by atoms with Crippen LogP contribution in [0.15, 0.2) is 6.20 Å². The zero-order valence-corrected chi connectivity index (χ0v) is 9.20. The van der Waals surface area contributed by atoms with E-state index in [1.54, 1.807) is 0 Å². The number of aromatic nitrogens is 2. The van der Waals surface area contributed by atoms with E-state index in [4.69, 9.17) is 5.73 Å². The van der Waals surface area contributed by atoms with E-state index in [1.807, 2.05) is 18.7 Å². The van der Waals surface area contributed by atoms with Gasteiger partial charge in [-0.2, -0.15) is 5.10 Å². The number of rotatable bonds is 3. The van der Waals surface area contributed by atoms with Gasteiger partial charge in [-0.15, -0.1) is 0 Å². The summed E-state index contributed by atoms with van der Waals surface area (Å²) in [6.45, 7) is 4.28. The van der Waals surface area contributed by atoms with Crippen LogP contribution in [0.25, 0.3) is 0 Å². The topological polar surface area (TPSA) is 43.8 Å². The maximum absolute atomic E-state index is 6.23. The van der Waals surface area contributed by atoms with Crippen molar-refractivity contribution in [3.8, 4) is 0 Å². The fourth-order valence-corrected chi connectivity index (χ4v) is 2.36. The van der Waals surface area contributed by atoms with Crippen molar-refractivity contribution in [1.82, 2.24) is 9.78 Å². The molecule has 2 rings (SSSR count). The first kappa shape index (κ1) is 9.71. The van der Waals surface area contributed by atoms with Gasteiger partial charge in [0.2, 0.25) is 0 Å². The number of aryl methyl sites for hydroxylation is 2. The molecule has 0 radical (unpaired) electrons. The molecule has 1 aliphatic carbocycles. The van der Waals surface area contributed by atoms with Crippen molar-refractivity contribution in [2.24, 2.45) is 24.6 Å². The van der Waals surface area contributed by atoms with Crippen LogP contribution in [0.4, 0.5) is 0 Å². The third-order valence-electron chi connectivity index (χ3n) is 3.37. The first-order valence-corrected chi connectivity index (χ1v) is 5.39. The maximum Gasteiger partial charge on any atom is 0.0641 e. The Balaban J connectivity index is 2.12. The molecule has 3 atom stereocenters. The molecule has 1 saturated carbocycles. The fraction of sp³-hybridized carbons (Fsp3) is 0.727. The standard InChI is InChI=1S/C11H19N3/c1-4-8-5-9(8)11(12)10-6-14(3)13-7(10)2/h6,8-9,11H,4-5,12H2,1-3H3/t8-,9-,11?/m1/s1. The minimum absolute atomic E-state index is 0.202. The average molecular weight is 193 g/mol. The molecule has 3 nitrogen and oxygen atoms in total. The molecule has 1 aliphatic rings. The molecular formula is C11H19N3. The summed E-state index contributed by atoms with van der Waals surface area (Å²) in [4.78, 5) is 0. The highest BCUT2D eigenvalue weighted by Gasteiger charge is 2.41. The number of hydrogen-bond acceptors (Lipinski definition) is 2. The minimum atomic E-state index is 0.202. The van der Waals surface area contributed by atoms with E-state index >= 15 is 0 Å². The second kappa shape index (κ2) is 3.39. The Morgan fingerprint density at radius 3 is 2.86 bits per heavy atom. The Labute approximate surface area is 85.3 Å². The SMILES string of the molecule is CC[C@@H]1C[C@H]1C(N)c1cn(C)nc1C. The maximum atomic E-state index is 6.23. The van der Waals surface area contributed by atoms with Gasteiger partial charge >= 0.3 is 0 Å². The van der Waals surface area contributed by atoms with Crippen molar-refractivity contribution in [2.45, 2.75) is 32.7 Å². The Hall–Kier alpha value is -0.830. The quantitative estimate of drug-likeness (QED) is 0.795. The van der Waals surface area contributed by atoms with E-state index in [1.165, 1.54) is 18.4 Å². The first-order chi connectivity index (χ1) is 6.63. The van der Waals surface area contributed by atoms with Crippen LogP contribution in [0, 0.1) is 18.8 Å². The normalized spacial score (nSPS) is 27.7. The summed E-state index contributed by atoms with van der Waals surface area (Å²) in [6.07, 6.45) is 4.62. The van der Waals surface area contributed by atoms with Gasteiger partial charge in [-0.05, 0) is 25.2 Å². The van der Waals surface area contributed by atoms with E-state index < -0.39 is 0 Å². The molecule has 0 aromatic carbocycles. The average Bonchev–Trinajstić information content (AvgIpc) is 2.85. The molecule has 3 heteroatoms. The lowest BCUT2D eigenvalue weighted by atomic mass is 10.0. The number of nitrogens with zero attached hydrogens (tertiary/aromatic N) is 2. The van der Waals surface area contributed by atoms with Gasteiger partial charge in [0, 0.05) is 24.8 Å². The molecule has 0 saturated heterocycles. The second-order valence-electron chi connectivity index (χ2n) is 4.44. The summed E-state index contributed by atoms with van der Waals surface area (Å²) in [7, 11) is 1.95. The Morgan fingerprint density at radius 1 is 1.71 bits per heavy atom. The molecule has 0 aliphatic heterocycles. The lowest BCUT2D eigenvalue weighted by molar-refractivity contribution is 0.564. The molecule has 78 valence electrons. The molecule has 1 unspecified atom stereocenters. The molecule has 0 spiro atoms. The van der Waals surface area contributed by atoms with Crippen LogP contribution in [0.5, 0.6) is 0 Å². The van der Waals surface area contributed by atoms with Crippen LogP contribution in [-0.2, 0) is 7.05 Å². The molecule has 0 bridgehead atoms. The number of nitrogens with two attached hydrogens (primary N) is 1. The van der Waals surface area contributed by atoms with Gasteiger partial charge in [-0.3, -0.25) is 4.68 Å². The minimum Gasteiger partial charge on any atom is -0.324 e. The van der Waals surface area contributed by atoms with E-state index in [2.05, 4.69) is 18.2 Å². The number of hydrogen-bond donors (Lipinski definition) is 1. The summed E-state index contributed by atoms with van der Waals surface area (Å²) >= 11 is 0. The van der Waals surface area contributed by atoms with Crippen LogP contribution < -0.4 is 5.73 Å². The highest BCUT2D eigenvalue weighted by atomic mass is 15.2. The van der Waals surface area contributed by atoms with Crippen molar-refractivity contribution in [3.63, 3.8) is 0 Å². The Bertz CT molecular complexity index is 329. The molecule has 1 fully saturated rings. The lowest BCUT2D eigenvalue weighted by Crippen LogP contribution is -2.14. The van der Waals surface area contributed by atoms with Gasteiger partial charge in [-0.25, -0.2) is 0 Å². The lowest BCUT2D eigenvalue weighted by Gasteiger charge is -2.09. The van der Waals surface area contributed by atoms with Gasteiger partial charge in [0.05, 0.1) is 5.69 Å². The zero-order chi connectivity index (χ0) is 10.3. The zero-order valence-electron chi connectivity index (χ0n) is 9.20. The van der Waals surface area contributed by atoms with Crippen LogP contribution in [0.3, 0.4) is 0 Å². The molecule has 1 heterocycles. The van der Waals surface area contributed by atoms with E-state index in [-0.39, 0.29) is 6.04 Å². The first-order valence-electron chi connectivity index (χ1n) is 5.39. The Morgan fingerprint density at radius 2 is 2.43 bits per heavy atom. The van der Waals surface area contributed by atoms with Gasteiger partial charge in [0.15, 0.2) is 0 Å². The predicted molar refractivity (Wildman–Crippen MR) is 56.8 cm³/mol. The second-order valence-corrected chi connectivity index (χ2v) is 4.44. The van der Waals surface area contributed by atoms with Crippen LogP contribution >= 0.6 is 0 Å². The van der Waals surface area contributed by atoms with Crippen molar-refractivity contribution in [2.75, 3.05) is 0 Å². The summed E-state index contributed by atoms with van der Waals surface area (Å²) in [6, 6.07) is 0.202. The smallest absolute Gasteiger partial charge is 0.0641 e. The van der Waals surface area contributed by atoms with Gasteiger partial charge in [0.1, 0.15) is 0 Å². The monoisotopic (exact) mass is 193 g/mol. The summed E-state index contributed by atoms with van der Waals surface area (Å²) in [5, 5.41) is 4.33. The van der Waals surface area contributed by atoms with Crippen molar-refractivity contribution in [1.29, 1.82) is 0 Å². The summed E-state index contributed by atoms with van der Waals surface area (Å²) < 4.78 is 1.86. The van der Waals surface area contributed by atoms with Gasteiger partial charge < -0.3 is 5.73 Å². The molecule has 2 N–H and O–H groups in total. The highest BCUT2D eigenvalue weighted by molar-refractivity contribution is 5.22. The highest BCUT2D eigenvalue weighted by Crippen LogP contribution is 2.48. The molecular weight excluding hydrogens is 174 g/mol. The van der Waals surface area contributed by atoms with E-state index in [9.17, 15) is 0 Å². The van der Waals surface area contributed by atoms with Gasteiger partial charge in [-0.1, -0.05) is 13.3 Å². The third kappa shape index (κ3) is 1.57. The molecule has 1 aromatic rings. The van der Waals surface area contributed by atoms with Crippen LogP contribution in [0.1, 0.15) is 37.1 Å². The predicted octanol–water partition coefficient (Wildman–Crippen LogP) is 1.77. The summed E-state index contributed by atoms with van der Waals surface area (Å²) in [5.74, 6) is 1.55. The van der Waals surface area contributed by atoms with E-state index in [0.717, 1.165) is 11.6 Å². The van der Waals surface area contributed by atoms with Crippen LogP contribution in [-0.4, -0.2) is 9.78 Å². The van der Waals surface area contributed by atoms with Crippen LogP contribution in [0.2, 0.25) is 0 Å². The molecule has 14 heavy (non-hydrogen) atoms. The Kier molecular flexibility index (Phi) is 2.35. The van der Waals surface area contributed by atoms with Crippen molar-refractivity contribution in [3.05, 3.63) is 17.5 Å². The third-order valence-corrected chi connectivity index (χ3v) is 3.37. The molecule has 0 amide bonds. The van der Waals surface area contributed by atoms with Crippen molar-refractivity contribution >= 4 is 0 Å². The van der Waals surface area contributed by atoms with Gasteiger partial charge in [0.25, 0.3) is 0 Å². The van der Waals surface area contributed by atoms with E-state index in [0.29, 0.717) is 5.92 Å².